The minimum atomic E-state index is -0.445. The second kappa shape index (κ2) is 6.33. The lowest BCUT2D eigenvalue weighted by Gasteiger charge is -2.26. The van der Waals surface area contributed by atoms with Gasteiger partial charge in [-0.1, -0.05) is 0 Å². The first-order valence-electron chi connectivity index (χ1n) is 6.38. The van der Waals surface area contributed by atoms with Crippen LogP contribution in [0.5, 0.6) is 0 Å². The van der Waals surface area contributed by atoms with Crippen LogP contribution in [-0.2, 0) is 9.59 Å². The zero-order valence-corrected chi connectivity index (χ0v) is 11.0. The van der Waals surface area contributed by atoms with E-state index in [0.717, 1.165) is 12.6 Å². The summed E-state index contributed by atoms with van der Waals surface area (Å²) in [5.74, 6) is -0.687. The van der Waals surface area contributed by atoms with Crippen LogP contribution in [0.1, 0.15) is 6.42 Å². The van der Waals surface area contributed by atoms with Gasteiger partial charge in [-0.05, 0) is 18.2 Å². The number of nitrogens with zero attached hydrogens (tertiary/aromatic N) is 1. The van der Waals surface area contributed by atoms with Crippen molar-refractivity contribution in [3.63, 3.8) is 0 Å². The van der Waals surface area contributed by atoms with Crippen molar-refractivity contribution in [2.24, 2.45) is 0 Å². The first-order valence-corrected chi connectivity index (χ1v) is 6.38. The van der Waals surface area contributed by atoms with Crippen LogP contribution in [0.15, 0.2) is 18.2 Å². The summed E-state index contributed by atoms with van der Waals surface area (Å²) in [7, 11) is 0. The Kier molecular flexibility index (Phi) is 4.52. The number of carbonyl (C=O) groups is 2. The highest BCUT2D eigenvalue weighted by atomic mass is 19.1. The Morgan fingerprint density at radius 2 is 2.30 bits per heavy atom. The zero-order chi connectivity index (χ0) is 14.5. The number of piperazine rings is 1. The summed E-state index contributed by atoms with van der Waals surface area (Å²) in [6.07, 6.45) is 0.254. The number of carbonyl (C=O) groups excluding carboxylic acids is 2. The molecule has 4 N–H and O–H groups in total. The SMILES string of the molecule is Nc1cc(F)ccc1NC(=O)CCN1CCNC(=O)C1. The van der Waals surface area contributed by atoms with E-state index in [1.54, 1.807) is 0 Å². The van der Waals surface area contributed by atoms with Gasteiger partial charge in [0.25, 0.3) is 0 Å². The molecular formula is C13H17FN4O2. The van der Waals surface area contributed by atoms with E-state index in [1.165, 1.54) is 12.1 Å². The number of anilines is 2. The molecule has 2 amide bonds. The summed E-state index contributed by atoms with van der Waals surface area (Å²) in [4.78, 5) is 24.9. The van der Waals surface area contributed by atoms with E-state index in [2.05, 4.69) is 10.6 Å². The van der Waals surface area contributed by atoms with Crippen LogP contribution in [0.4, 0.5) is 15.8 Å². The molecule has 1 heterocycles. The minimum absolute atomic E-state index is 0.0283. The lowest BCUT2D eigenvalue weighted by Crippen LogP contribution is -2.48. The summed E-state index contributed by atoms with van der Waals surface area (Å²) in [6, 6.07) is 3.82. The molecule has 0 atom stereocenters. The molecule has 1 fully saturated rings. The van der Waals surface area contributed by atoms with Crippen LogP contribution in [0.2, 0.25) is 0 Å². The second-order valence-corrected chi connectivity index (χ2v) is 4.66. The molecule has 0 aliphatic carbocycles. The van der Waals surface area contributed by atoms with Gasteiger partial charge in [0.1, 0.15) is 5.82 Å². The van der Waals surface area contributed by atoms with Crippen LogP contribution in [-0.4, -0.2) is 42.9 Å². The Morgan fingerprint density at radius 3 is 3.00 bits per heavy atom. The van der Waals surface area contributed by atoms with Crippen LogP contribution in [0.25, 0.3) is 0 Å². The molecule has 0 bridgehead atoms. The number of hydrogen-bond acceptors (Lipinski definition) is 4. The van der Waals surface area contributed by atoms with E-state index in [9.17, 15) is 14.0 Å². The van der Waals surface area contributed by atoms with E-state index >= 15 is 0 Å². The lowest BCUT2D eigenvalue weighted by atomic mass is 10.2. The van der Waals surface area contributed by atoms with Gasteiger partial charge >= 0.3 is 0 Å². The fourth-order valence-corrected chi connectivity index (χ4v) is 2.00. The van der Waals surface area contributed by atoms with Crippen molar-refractivity contribution in [2.75, 3.05) is 37.2 Å². The standard InChI is InChI=1S/C13H17FN4O2/c14-9-1-2-11(10(15)7-9)17-12(19)3-5-18-6-4-16-13(20)8-18/h1-2,7H,3-6,8,15H2,(H,16,20)(H,17,19). The molecule has 7 heteroatoms. The Labute approximate surface area is 116 Å². The molecule has 6 nitrogen and oxygen atoms in total. The fourth-order valence-electron chi connectivity index (χ4n) is 2.00. The van der Waals surface area contributed by atoms with Crippen LogP contribution >= 0.6 is 0 Å². The van der Waals surface area contributed by atoms with E-state index in [0.29, 0.717) is 25.3 Å². The van der Waals surface area contributed by atoms with E-state index in [-0.39, 0.29) is 23.9 Å². The Bertz CT molecular complexity index is 521. The van der Waals surface area contributed by atoms with Gasteiger partial charge in [-0.3, -0.25) is 14.5 Å². The van der Waals surface area contributed by atoms with Gasteiger partial charge in [0, 0.05) is 26.1 Å². The Morgan fingerprint density at radius 1 is 1.50 bits per heavy atom. The summed E-state index contributed by atoms with van der Waals surface area (Å²) < 4.78 is 12.9. The maximum Gasteiger partial charge on any atom is 0.234 e. The topological polar surface area (TPSA) is 87.5 Å². The largest absolute Gasteiger partial charge is 0.397 e. The van der Waals surface area contributed by atoms with Gasteiger partial charge in [0.2, 0.25) is 11.8 Å². The first kappa shape index (κ1) is 14.3. The minimum Gasteiger partial charge on any atom is -0.397 e. The van der Waals surface area contributed by atoms with Gasteiger partial charge in [0.15, 0.2) is 0 Å². The smallest absolute Gasteiger partial charge is 0.234 e. The average Bonchev–Trinajstić information content (AvgIpc) is 2.40. The molecule has 1 aliphatic rings. The van der Waals surface area contributed by atoms with Crippen LogP contribution < -0.4 is 16.4 Å². The second-order valence-electron chi connectivity index (χ2n) is 4.66. The third kappa shape index (κ3) is 3.92. The number of amides is 2. The maximum absolute atomic E-state index is 12.9. The van der Waals surface area contributed by atoms with Crippen molar-refractivity contribution >= 4 is 23.2 Å². The zero-order valence-electron chi connectivity index (χ0n) is 11.0. The molecule has 0 aromatic heterocycles. The predicted molar refractivity (Wildman–Crippen MR) is 73.5 cm³/mol. The van der Waals surface area contributed by atoms with Crippen molar-refractivity contribution in [3.05, 3.63) is 24.0 Å². The molecule has 108 valence electrons. The lowest BCUT2D eigenvalue weighted by molar-refractivity contribution is -0.125. The number of nitrogens with one attached hydrogen (secondary N) is 2. The van der Waals surface area contributed by atoms with E-state index in [4.69, 9.17) is 5.73 Å². The van der Waals surface area contributed by atoms with Crippen molar-refractivity contribution in [1.82, 2.24) is 10.2 Å². The number of halogens is 1. The summed E-state index contributed by atoms with van der Waals surface area (Å²) in [6.45, 7) is 2.15. The maximum atomic E-state index is 12.9. The summed E-state index contributed by atoms with van der Waals surface area (Å²) in [5.41, 5.74) is 6.20. The summed E-state index contributed by atoms with van der Waals surface area (Å²) >= 11 is 0. The Balaban J connectivity index is 1.81. The molecule has 0 spiro atoms. The third-order valence-corrected chi connectivity index (χ3v) is 3.06. The highest BCUT2D eigenvalue weighted by Crippen LogP contribution is 2.19. The van der Waals surface area contributed by atoms with Gasteiger partial charge in [0.05, 0.1) is 17.9 Å². The van der Waals surface area contributed by atoms with Crippen molar-refractivity contribution in [1.29, 1.82) is 0 Å². The normalized spacial score (nSPS) is 15.8. The predicted octanol–water partition coefficient (Wildman–Crippen LogP) is 0.168. The van der Waals surface area contributed by atoms with Crippen molar-refractivity contribution in [2.45, 2.75) is 6.42 Å². The molecule has 1 aromatic rings. The first-order chi connectivity index (χ1) is 9.54. The number of hydrogen-bond donors (Lipinski definition) is 3. The van der Waals surface area contributed by atoms with Gasteiger partial charge in [-0.2, -0.15) is 0 Å². The molecule has 1 aliphatic heterocycles. The highest BCUT2D eigenvalue weighted by molar-refractivity contribution is 5.93. The third-order valence-electron chi connectivity index (χ3n) is 3.06. The van der Waals surface area contributed by atoms with Crippen molar-refractivity contribution < 1.29 is 14.0 Å². The molecular weight excluding hydrogens is 263 g/mol. The average molecular weight is 280 g/mol. The fraction of sp³-hybridized carbons (Fsp3) is 0.385. The van der Waals surface area contributed by atoms with Gasteiger partial charge in [-0.15, -0.1) is 0 Å². The quantitative estimate of drug-likeness (QED) is 0.686. The number of rotatable bonds is 4. The summed E-state index contributed by atoms with van der Waals surface area (Å²) in [5, 5.41) is 5.35. The van der Waals surface area contributed by atoms with Gasteiger partial charge in [-0.25, -0.2) is 4.39 Å². The molecule has 0 saturated carbocycles. The number of nitrogen functional groups attached to an aromatic ring is 1. The molecule has 2 rings (SSSR count). The molecule has 1 saturated heterocycles. The van der Waals surface area contributed by atoms with Crippen LogP contribution in [0, 0.1) is 5.82 Å². The molecule has 0 unspecified atom stereocenters. The van der Waals surface area contributed by atoms with E-state index < -0.39 is 5.82 Å². The molecule has 20 heavy (non-hydrogen) atoms. The van der Waals surface area contributed by atoms with Gasteiger partial charge < -0.3 is 16.4 Å². The molecule has 1 aromatic carbocycles. The van der Waals surface area contributed by atoms with E-state index in [1.807, 2.05) is 4.90 Å². The Hall–Kier alpha value is -2.15. The highest BCUT2D eigenvalue weighted by Gasteiger charge is 2.16. The van der Waals surface area contributed by atoms with Crippen molar-refractivity contribution in [3.8, 4) is 0 Å². The van der Waals surface area contributed by atoms with Crippen LogP contribution in [0.3, 0.4) is 0 Å². The molecule has 0 radical (unpaired) electrons. The monoisotopic (exact) mass is 280 g/mol. The number of benzene rings is 1. The number of nitrogens with two attached hydrogens (primary N) is 1.